The molecule has 1 N–H and O–H groups in total. The van der Waals surface area contributed by atoms with Gasteiger partial charge in [-0.3, -0.25) is 0 Å². The maximum Gasteiger partial charge on any atom is 0.0627 e. The van der Waals surface area contributed by atoms with E-state index in [0.29, 0.717) is 0 Å². The van der Waals surface area contributed by atoms with Gasteiger partial charge < -0.3 is 9.84 Å². The van der Waals surface area contributed by atoms with Crippen molar-refractivity contribution in [1.82, 2.24) is 0 Å². The molecule has 0 aliphatic heterocycles. The largest absolute Gasteiger partial charge is 0.393 e. The molecule has 2 unspecified atom stereocenters. The molecule has 2 atom stereocenters. The molecule has 2 nitrogen and oxygen atoms in total. The van der Waals surface area contributed by atoms with Crippen molar-refractivity contribution in [2.24, 2.45) is 0 Å². The molecule has 2 heteroatoms. The first-order valence-corrected chi connectivity index (χ1v) is 5.39. The maximum atomic E-state index is 9.47. The lowest BCUT2D eigenvalue weighted by molar-refractivity contribution is -0.102. The van der Waals surface area contributed by atoms with Crippen LogP contribution in [0.15, 0.2) is 0 Å². The molecule has 0 heterocycles. The Kier molecular flexibility index (Phi) is 3.74. The summed E-state index contributed by atoms with van der Waals surface area (Å²) in [6.45, 7) is 6.38. The highest BCUT2D eigenvalue weighted by Gasteiger charge is 2.26. The van der Waals surface area contributed by atoms with E-state index in [2.05, 4.69) is 20.8 Å². The van der Waals surface area contributed by atoms with Gasteiger partial charge in [0.15, 0.2) is 0 Å². The zero-order valence-corrected chi connectivity index (χ0v) is 9.05. The van der Waals surface area contributed by atoms with Gasteiger partial charge in [-0.15, -0.1) is 0 Å². The van der Waals surface area contributed by atoms with E-state index in [-0.39, 0.29) is 17.8 Å². The van der Waals surface area contributed by atoms with Gasteiger partial charge in [0.2, 0.25) is 0 Å². The molecule has 1 aliphatic carbocycles. The van der Waals surface area contributed by atoms with Gasteiger partial charge in [-0.05, 0) is 46.0 Å². The average molecular weight is 186 g/mol. The zero-order chi connectivity index (χ0) is 9.90. The van der Waals surface area contributed by atoms with Gasteiger partial charge in [0.05, 0.1) is 17.8 Å². The van der Waals surface area contributed by atoms with Gasteiger partial charge in [-0.1, -0.05) is 6.92 Å². The van der Waals surface area contributed by atoms with Gasteiger partial charge in [-0.2, -0.15) is 0 Å². The molecular weight excluding hydrogens is 164 g/mol. The standard InChI is InChI=1S/C11H22O2/c1-4-11(2,3)13-10-7-5-6-9(12)8-10/h9-10,12H,4-8H2,1-3H3. The van der Waals surface area contributed by atoms with Crippen LogP contribution in [0.2, 0.25) is 0 Å². The zero-order valence-electron chi connectivity index (χ0n) is 9.05. The molecule has 1 saturated carbocycles. The van der Waals surface area contributed by atoms with E-state index in [4.69, 9.17) is 4.74 Å². The van der Waals surface area contributed by atoms with Crippen molar-refractivity contribution in [3.63, 3.8) is 0 Å². The summed E-state index contributed by atoms with van der Waals surface area (Å²) in [5, 5.41) is 9.47. The number of aliphatic hydroxyl groups is 1. The SMILES string of the molecule is CCC(C)(C)OC1CCCC(O)C1. The second kappa shape index (κ2) is 4.43. The summed E-state index contributed by atoms with van der Waals surface area (Å²) in [6, 6.07) is 0. The fraction of sp³-hybridized carbons (Fsp3) is 1.00. The first-order valence-electron chi connectivity index (χ1n) is 5.39. The predicted octanol–water partition coefficient (Wildman–Crippen LogP) is 2.50. The molecule has 13 heavy (non-hydrogen) atoms. The van der Waals surface area contributed by atoms with Crippen LogP contribution in [0.1, 0.15) is 52.9 Å². The summed E-state index contributed by atoms with van der Waals surface area (Å²) in [6.07, 6.45) is 5.16. The van der Waals surface area contributed by atoms with Crippen LogP contribution in [0.5, 0.6) is 0 Å². The average Bonchev–Trinajstić information content (AvgIpc) is 2.03. The van der Waals surface area contributed by atoms with Crippen LogP contribution in [0.25, 0.3) is 0 Å². The van der Waals surface area contributed by atoms with Crippen molar-refractivity contribution < 1.29 is 9.84 Å². The Morgan fingerprint density at radius 3 is 2.62 bits per heavy atom. The van der Waals surface area contributed by atoms with E-state index in [1.54, 1.807) is 0 Å². The van der Waals surface area contributed by atoms with Crippen molar-refractivity contribution in [2.45, 2.75) is 70.7 Å². The van der Waals surface area contributed by atoms with Crippen molar-refractivity contribution in [1.29, 1.82) is 0 Å². The van der Waals surface area contributed by atoms with Crippen LogP contribution < -0.4 is 0 Å². The quantitative estimate of drug-likeness (QED) is 0.733. The molecule has 0 aromatic carbocycles. The molecule has 1 aliphatic rings. The van der Waals surface area contributed by atoms with E-state index in [0.717, 1.165) is 32.1 Å². The Balaban J connectivity index is 2.35. The number of rotatable bonds is 3. The second-order valence-electron chi connectivity index (χ2n) is 4.67. The van der Waals surface area contributed by atoms with Crippen molar-refractivity contribution in [3.8, 4) is 0 Å². The highest BCUT2D eigenvalue weighted by atomic mass is 16.5. The van der Waals surface area contributed by atoms with Crippen LogP contribution in [0, 0.1) is 0 Å². The highest BCUT2D eigenvalue weighted by molar-refractivity contribution is 4.76. The van der Waals surface area contributed by atoms with Crippen LogP contribution in [0.4, 0.5) is 0 Å². The third kappa shape index (κ3) is 3.65. The third-order valence-corrected chi connectivity index (χ3v) is 2.94. The Hall–Kier alpha value is -0.0800. The molecule has 1 rings (SSSR count). The number of ether oxygens (including phenoxy) is 1. The first-order chi connectivity index (χ1) is 6.03. The van der Waals surface area contributed by atoms with Crippen molar-refractivity contribution >= 4 is 0 Å². The third-order valence-electron chi connectivity index (χ3n) is 2.94. The number of aliphatic hydroxyl groups excluding tert-OH is 1. The van der Waals surface area contributed by atoms with Gasteiger partial charge in [0.25, 0.3) is 0 Å². The lowest BCUT2D eigenvalue weighted by Gasteiger charge is -2.33. The van der Waals surface area contributed by atoms with Crippen molar-refractivity contribution in [2.75, 3.05) is 0 Å². The fourth-order valence-electron chi connectivity index (χ4n) is 1.76. The Labute approximate surface area is 81.3 Å². The number of hydrogen-bond donors (Lipinski definition) is 1. The summed E-state index contributed by atoms with van der Waals surface area (Å²) < 4.78 is 5.94. The van der Waals surface area contributed by atoms with Gasteiger partial charge in [0, 0.05) is 0 Å². The molecular formula is C11H22O2. The summed E-state index contributed by atoms with van der Waals surface area (Å²) in [4.78, 5) is 0. The summed E-state index contributed by atoms with van der Waals surface area (Å²) in [5.74, 6) is 0. The van der Waals surface area contributed by atoms with E-state index < -0.39 is 0 Å². The monoisotopic (exact) mass is 186 g/mol. The van der Waals surface area contributed by atoms with Crippen LogP contribution in [-0.4, -0.2) is 22.9 Å². The highest BCUT2D eigenvalue weighted by Crippen LogP contribution is 2.26. The van der Waals surface area contributed by atoms with E-state index in [1.165, 1.54) is 0 Å². The molecule has 0 radical (unpaired) electrons. The van der Waals surface area contributed by atoms with Gasteiger partial charge in [0.1, 0.15) is 0 Å². The molecule has 0 aromatic rings. The minimum Gasteiger partial charge on any atom is -0.393 e. The molecule has 78 valence electrons. The number of hydrogen-bond acceptors (Lipinski definition) is 2. The molecule has 0 amide bonds. The smallest absolute Gasteiger partial charge is 0.0627 e. The fourth-order valence-corrected chi connectivity index (χ4v) is 1.76. The predicted molar refractivity (Wildman–Crippen MR) is 53.7 cm³/mol. The lowest BCUT2D eigenvalue weighted by atomic mass is 9.94. The van der Waals surface area contributed by atoms with Crippen LogP contribution in [0.3, 0.4) is 0 Å². The second-order valence-corrected chi connectivity index (χ2v) is 4.67. The summed E-state index contributed by atoms with van der Waals surface area (Å²) in [5.41, 5.74) is -0.0261. The summed E-state index contributed by atoms with van der Waals surface area (Å²) >= 11 is 0. The Morgan fingerprint density at radius 1 is 1.38 bits per heavy atom. The molecule has 0 spiro atoms. The molecule has 0 aromatic heterocycles. The van der Waals surface area contributed by atoms with E-state index in [9.17, 15) is 5.11 Å². The van der Waals surface area contributed by atoms with Crippen LogP contribution >= 0.6 is 0 Å². The minimum atomic E-state index is -0.133. The minimum absolute atomic E-state index is 0.0261. The van der Waals surface area contributed by atoms with E-state index >= 15 is 0 Å². The van der Waals surface area contributed by atoms with Crippen LogP contribution in [-0.2, 0) is 4.74 Å². The van der Waals surface area contributed by atoms with Gasteiger partial charge in [-0.25, -0.2) is 0 Å². The normalized spacial score (nSPS) is 30.5. The lowest BCUT2D eigenvalue weighted by Crippen LogP contribution is -2.34. The summed E-state index contributed by atoms with van der Waals surface area (Å²) in [7, 11) is 0. The topological polar surface area (TPSA) is 29.5 Å². The Morgan fingerprint density at radius 2 is 2.08 bits per heavy atom. The van der Waals surface area contributed by atoms with E-state index in [1.807, 2.05) is 0 Å². The Bertz CT molecular complexity index is 154. The first kappa shape index (κ1) is 11.0. The molecule has 0 bridgehead atoms. The van der Waals surface area contributed by atoms with Gasteiger partial charge >= 0.3 is 0 Å². The maximum absolute atomic E-state index is 9.47. The van der Waals surface area contributed by atoms with Crippen molar-refractivity contribution in [3.05, 3.63) is 0 Å². The molecule has 0 saturated heterocycles. The molecule has 1 fully saturated rings.